The van der Waals surface area contributed by atoms with Crippen LogP contribution in [-0.2, 0) is 43.1 Å². The molecular formula is C39H40N2O8. The van der Waals surface area contributed by atoms with E-state index in [-0.39, 0.29) is 37.1 Å². The number of nitrogens with one attached hydrogen (secondary N) is 1. The van der Waals surface area contributed by atoms with Gasteiger partial charge in [-0.3, -0.25) is 9.59 Å². The van der Waals surface area contributed by atoms with Gasteiger partial charge in [-0.2, -0.15) is 0 Å². The number of amides is 2. The van der Waals surface area contributed by atoms with Crippen LogP contribution in [-0.4, -0.2) is 82.7 Å². The molecule has 49 heavy (non-hydrogen) atoms. The van der Waals surface area contributed by atoms with Crippen LogP contribution < -0.4 is 5.32 Å². The van der Waals surface area contributed by atoms with Crippen molar-refractivity contribution < 1.29 is 38.8 Å². The molecule has 7 rings (SSSR count). The van der Waals surface area contributed by atoms with Gasteiger partial charge in [0.1, 0.15) is 30.1 Å². The molecule has 0 saturated carbocycles. The van der Waals surface area contributed by atoms with Crippen LogP contribution in [0.25, 0.3) is 6.08 Å². The molecule has 0 aromatic heterocycles. The summed E-state index contributed by atoms with van der Waals surface area (Å²) in [6, 6.07) is 21.7. The summed E-state index contributed by atoms with van der Waals surface area (Å²) in [6.07, 6.45) is 6.46. The minimum atomic E-state index is -0.934. The Hall–Kier alpha value is -4.77. The van der Waals surface area contributed by atoms with Crippen molar-refractivity contribution in [3.63, 3.8) is 0 Å². The third-order valence-electron chi connectivity index (χ3n) is 9.74. The van der Waals surface area contributed by atoms with E-state index in [1.807, 2.05) is 42.5 Å². The number of ether oxygens (including phenoxy) is 3. The Morgan fingerprint density at radius 3 is 2.55 bits per heavy atom. The standard InChI is InChI=1S/C39H40N2O8/c42-19-17-40-36(44)31-15-7-18-41(31)37(45)30-21-33(35-34(22-30)48-39(49-35)23-28-11-1-2-12-29(28)24-39)47-38(46)27-14-6-9-25(20-27)8-5-13-26-10-3-4-16-32(26)43/h1-6,8-12,14,16,20,22,31,33-35,42-43H,7,13,15,17-19,21,23-24H2,(H,40,44)/t31-,33-,34-,35+/m1/s1. The smallest absolute Gasteiger partial charge is 0.338 e. The Balaban J connectivity index is 1.11. The van der Waals surface area contributed by atoms with Crippen LogP contribution in [0, 0.1) is 0 Å². The zero-order valence-electron chi connectivity index (χ0n) is 27.1. The number of phenolic OH excluding ortho intramolecular Hbond substituents is 1. The summed E-state index contributed by atoms with van der Waals surface area (Å²) in [4.78, 5) is 42.1. The van der Waals surface area contributed by atoms with Crippen molar-refractivity contribution in [1.82, 2.24) is 10.2 Å². The van der Waals surface area contributed by atoms with Crippen LogP contribution in [0.1, 0.15) is 51.9 Å². The number of aromatic hydroxyl groups is 1. The second-order valence-electron chi connectivity index (χ2n) is 13.1. The molecule has 254 valence electrons. The van der Waals surface area contributed by atoms with Crippen molar-refractivity contribution in [3.05, 3.63) is 118 Å². The van der Waals surface area contributed by atoms with Crippen LogP contribution in [0.4, 0.5) is 0 Å². The van der Waals surface area contributed by atoms with Crippen LogP contribution in [0.2, 0.25) is 0 Å². The van der Waals surface area contributed by atoms with Crippen LogP contribution in [0.15, 0.2) is 90.5 Å². The van der Waals surface area contributed by atoms with Gasteiger partial charge in [0, 0.05) is 37.9 Å². The lowest BCUT2D eigenvalue weighted by Gasteiger charge is -2.32. The van der Waals surface area contributed by atoms with E-state index in [0.29, 0.717) is 49.8 Å². The van der Waals surface area contributed by atoms with Gasteiger partial charge in [0.05, 0.1) is 12.2 Å². The maximum Gasteiger partial charge on any atom is 0.338 e. The van der Waals surface area contributed by atoms with Gasteiger partial charge in [-0.1, -0.05) is 66.7 Å². The molecule has 2 heterocycles. The molecule has 2 fully saturated rings. The second-order valence-corrected chi connectivity index (χ2v) is 13.1. The van der Waals surface area contributed by atoms with Crippen molar-refractivity contribution in [2.45, 2.75) is 68.7 Å². The topological polar surface area (TPSA) is 135 Å². The highest BCUT2D eigenvalue weighted by Gasteiger charge is 2.55. The molecule has 2 amide bonds. The van der Waals surface area contributed by atoms with Gasteiger partial charge in [-0.05, 0) is 65.8 Å². The van der Waals surface area contributed by atoms with Gasteiger partial charge in [0.15, 0.2) is 5.79 Å². The Morgan fingerprint density at radius 1 is 1.00 bits per heavy atom. The molecule has 1 spiro atoms. The molecule has 2 aliphatic carbocycles. The van der Waals surface area contributed by atoms with E-state index in [1.165, 1.54) is 0 Å². The molecule has 4 atom stereocenters. The average molecular weight is 665 g/mol. The summed E-state index contributed by atoms with van der Waals surface area (Å²) in [5.74, 6) is -1.84. The number of hydrogen-bond donors (Lipinski definition) is 3. The van der Waals surface area contributed by atoms with Crippen LogP contribution in [0.5, 0.6) is 5.75 Å². The third kappa shape index (κ3) is 6.90. The number of likely N-dealkylation sites (tertiary alicyclic amines) is 1. The fraction of sp³-hybridized carbons (Fsp3) is 0.359. The van der Waals surface area contributed by atoms with E-state index in [1.54, 1.807) is 41.3 Å². The minimum absolute atomic E-state index is 0.111. The molecule has 3 aromatic carbocycles. The summed E-state index contributed by atoms with van der Waals surface area (Å²) < 4.78 is 19.4. The fourth-order valence-electron chi connectivity index (χ4n) is 7.40. The first-order valence-electron chi connectivity index (χ1n) is 16.9. The summed E-state index contributed by atoms with van der Waals surface area (Å²) >= 11 is 0. The monoisotopic (exact) mass is 664 g/mol. The lowest BCUT2D eigenvalue weighted by Crippen LogP contribution is -2.49. The number of allylic oxidation sites excluding steroid dienone is 1. The number of fused-ring (bicyclic) bond motifs is 2. The van der Waals surface area contributed by atoms with Gasteiger partial charge in [-0.25, -0.2) is 4.79 Å². The number of nitrogens with zero attached hydrogens (tertiary/aromatic N) is 1. The quantitative estimate of drug-likeness (QED) is 0.294. The zero-order chi connectivity index (χ0) is 34.0. The first-order valence-corrected chi connectivity index (χ1v) is 16.9. The van der Waals surface area contributed by atoms with Crippen molar-refractivity contribution in [2.24, 2.45) is 0 Å². The number of hydrogen-bond acceptors (Lipinski definition) is 8. The zero-order valence-corrected chi connectivity index (χ0v) is 27.1. The molecular weight excluding hydrogens is 624 g/mol. The molecule has 10 heteroatoms. The van der Waals surface area contributed by atoms with E-state index in [0.717, 1.165) is 22.3 Å². The minimum Gasteiger partial charge on any atom is -0.508 e. The first kappa shape index (κ1) is 32.8. The molecule has 4 aliphatic rings. The van der Waals surface area contributed by atoms with E-state index in [4.69, 9.17) is 14.2 Å². The number of phenols is 1. The Kier molecular flexibility index (Phi) is 9.35. The molecule has 10 nitrogen and oxygen atoms in total. The van der Waals surface area contributed by atoms with Crippen molar-refractivity contribution in [3.8, 4) is 5.75 Å². The number of para-hydroxylation sites is 1. The summed E-state index contributed by atoms with van der Waals surface area (Å²) in [5, 5.41) is 21.9. The van der Waals surface area contributed by atoms with Crippen molar-refractivity contribution in [1.29, 1.82) is 0 Å². The Labute approximate surface area is 285 Å². The highest BCUT2D eigenvalue weighted by molar-refractivity contribution is 5.98. The lowest BCUT2D eigenvalue weighted by atomic mass is 9.91. The molecule has 2 aliphatic heterocycles. The van der Waals surface area contributed by atoms with Gasteiger partial charge in [0.2, 0.25) is 11.8 Å². The molecule has 3 aromatic rings. The number of carbonyl (C=O) groups excluding carboxylic acids is 3. The predicted octanol–water partition coefficient (Wildman–Crippen LogP) is 3.88. The highest BCUT2D eigenvalue weighted by atomic mass is 16.8. The van der Waals surface area contributed by atoms with Crippen molar-refractivity contribution in [2.75, 3.05) is 19.7 Å². The first-order chi connectivity index (χ1) is 23.8. The molecule has 0 bridgehead atoms. The van der Waals surface area contributed by atoms with E-state index in [2.05, 4.69) is 17.4 Å². The Bertz CT molecular complexity index is 1780. The molecule has 0 radical (unpaired) electrons. The number of aliphatic hydroxyl groups excluding tert-OH is 1. The van der Waals surface area contributed by atoms with Gasteiger partial charge >= 0.3 is 5.97 Å². The second kappa shape index (κ2) is 14.0. The normalized spacial score (nSPS) is 23.7. The molecule has 3 N–H and O–H groups in total. The van der Waals surface area contributed by atoms with E-state index in [9.17, 15) is 24.6 Å². The number of carbonyl (C=O) groups is 3. The Morgan fingerprint density at radius 2 is 1.78 bits per heavy atom. The van der Waals surface area contributed by atoms with Crippen molar-refractivity contribution >= 4 is 23.9 Å². The van der Waals surface area contributed by atoms with Gasteiger partial charge in [-0.15, -0.1) is 0 Å². The maximum atomic E-state index is 14.0. The molecule has 0 unspecified atom stereocenters. The summed E-state index contributed by atoms with van der Waals surface area (Å²) in [6.45, 7) is 0.353. The average Bonchev–Trinajstić information content (AvgIpc) is 3.84. The SMILES string of the molecule is O=C(O[C@@H]1CC(C(=O)N2CCC[C@@H]2C(=O)NCCO)=C[C@H]2OC3(Cc4ccccc4C3)O[C@H]21)c1cccc(C=CCc2ccccc2O)c1. The largest absolute Gasteiger partial charge is 0.508 e. The van der Waals surface area contributed by atoms with Crippen LogP contribution in [0.3, 0.4) is 0 Å². The highest BCUT2D eigenvalue weighted by Crippen LogP contribution is 2.45. The van der Waals surface area contributed by atoms with Gasteiger partial charge < -0.3 is 34.6 Å². The number of benzene rings is 3. The van der Waals surface area contributed by atoms with E-state index >= 15 is 0 Å². The summed E-state index contributed by atoms with van der Waals surface area (Å²) in [7, 11) is 0. The number of aliphatic hydroxyl groups is 1. The third-order valence-corrected chi connectivity index (χ3v) is 9.74. The maximum absolute atomic E-state index is 14.0. The molecule has 2 saturated heterocycles. The van der Waals surface area contributed by atoms with Gasteiger partial charge in [0.25, 0.3) is 0 Å². The summed E-state index contributed by atoms with van der Waals surface area (Å²) in [5.41, 5.74) is 4.63. The number of rotatable bonds is 9. The fourth-order valence-corrected chi connectivity index (χ4v) is 7.40. The van der Waals surface area contributed by atoms with E-state index < -0.39 is 36.1 Å². The number of esters is 1. The lowest BCUT2D eigenvalue weighted by molar-refractivity contribution is -0.172. The van der Waals surface area contributed by atoms with Crippen LogP contribution >= 0.6 is 0 Å². The predicted molar refractivity (Wildman–Crippen MR) is 180 cm³/mol.